The third-order valence-corrected chi connectivity index (χ3v) is 4.85. The summed E-state index contributed by atoms with van der Waals surface area (Å²) in [6.45, 7) is 9.93. The summed E-state index contributed by atoms with van der Waals surface area (Å²) in [5, 5.41) is 16.5. The summed E-state index contributed by atoms with van der Waals surface area (Å²) in [6.07, 6.45) is 0.199. The van der Waals surface area contributed by atoms with Crippen LogP contribution in [0.3, 0.4) is 0 Å². The number of rotatable bonds is 3. The number of aromatic nitrogens is 1. The van der Waals surface area contributed by atoms with Crippen molar-refractivity contribution in [3.8, 4) is 0 Å². The van der Waals surface area contributed by atoms with Gasteiger partial charge < -0.3 is 21.5 Å². The van der Waals surface area contributed by atoms with Gasteiger partial charge in [0, 0.05) is 17.0 Å². The molecule has 0 bridgehead atoms. The molecule has 5 N–H and O–H groups in total. The average molecular weight is 312 g/mol. The first-order chi connectivity index (χ1) is 9.50. The minimum Gasteiger partial charge on any atom is -0.392 e. The molecule has 6 nitrogen and oxygen atoms in total. The van der Waals surface area contributed by atoms with E-state index >= 15 is 0 Å². The van der Waals surface area contributed by atoms with Gasteiger partial charge in [-0.25, -0.2) is 4.98 Å². The number of anilines is 2. The van der Waals surface area contributed by atoms with Crippen LogP contribution in [-0.4, -0.2) is 33.7 Å². The molecule has 2 unspecified atom stereocenters. The van der Waals surface area contributed by atoms with Gasteiger partial charge in [0.15, 0.2) is 5.13 Å². The number of carbonyl (C=O) groups excluding carboxylic acids is 1. The Balaban J connectivity index is 2.07. The van der Waals surface area contributed by atoms with Crippen LogP contribution in [0.15, 0.2) is 0 Å². The number of carbonyl (C=O) groups is 1. The predicted molar refractivity (Wildman–Crippen MR) is 85.6 cm³/mol. The quantitative estimate of drug-likeness (QED) is 0.682. The molecule has 1 fully saturated rings. The number of amides is 1. The lowest BCUT2D eigenvalue weighted by atomic mass is 9.64. The Bertz CT molecular complexity index is 548. The summed E-state index contributed by atoms with van der Waals surface area (Å²) < 4.78 is 0. The normalized spacial score (nSPS) is 24.3. The van der Waals surface area contributed by atoms with Crippen molar-refractivity contribution < 1.29 is 9.90 Å². The number of nitrogens with zero attached hydrogens (tertiary/aromatic N) is 1. The van der Waals surface area contributed by atoms with Gasteiger partial charge in [-0.2, -0.15) is 0 Å². The highest BCUT2D eigenvalue weighted by Gasteiger charge is 2.48. The predicted octanol–water partition coefficient (Wildman–Crippen LogP) is 1.82. The van der Waals surface area contributed by atoms with E-state index in [-0.39, 0.29) is 34.8 Å². The topological polar surface area (TPSA) is 100 Å². The molecule has 118 valence electrons. The van der Waals surface area contributed by atoms with Crippen LogP contribution in [0.5, 0.6) is 0 Å². The Hall–Kier alpha value is -1.34. The average Bonchev–Trinajstić information content (AvgIpc) is 2.67. The molecule has 21 heavy (non-hydrogen) atoms. The van der Waals surface area contributed by atoms with E-state index in [1.54, 1.807) is 0 Å². The van der Waals surface area contributed by atoms with Gasteiger partial charge in [-0.3, -0.25) is 4.79 Å². The number of nitrogens with two attached hydrogens (primary N) is 1. The van der Waals surface area contributed by atoms with Crippen molar-refractivity contribution in [1.82, 2.24) is 10.3 Å². The molecule has 0 aromatic carbocycles. The standard InChI is InChI=1S/C14H24N4O2S/c1-13(2,3)18-12-17-10(15)9(21-12)11(20)16-7-6-8(19)14(7,4)5/h7-8,19H,6,15H2,1-5H3,(H,16,20)(H,17,18). The highest BCUT2D eigenvalue weighted by atomic mass is 32.1. The van der Waals surface area contributed by atoms with E-state index in [0.29, 0.717) is 16.4 Å². The summed E-state index contributed by atoms with van der Waals surface area (Å²) in [5.41, 5.74) is 5.40. The molecule has 1 aromatic heterocycles. The number of nitrogens with one attached hydrogen (secondary N) is 2. The Morgan fingerprint density at radius 1 is 1.48 bits per heavy atom. The molecule has 0 saturated heterocycles. The van der Waals surface area contributed by atoms with Crippen molar-refractivity contribution in [2.45, 2.75) is 58.7 Å². The zero-order valence-corrected chi connectivity index (χ0v) is 14.0. The van der Waals surface area contributed by atoms with Gasteiger partial charge in [0.1, 0.15) is 10.7 Å². The van der Waals surface area contributed by atoms with Gasteiger partial charge in [0.05, 0.1) is 6.10 Å². The molecule has 1 amide bonds. The van der Waals surface area contributed by atoms with Crippen molar-refractivity contribution >= 4 is 28.2 Å². The molecule has 0 radical (unpaired) electrons. The number of aliphatic hydroxyl groups is 1. The lowest BCUT2D eigenvalue weighted by molar-refractivity contribution is -0.0689. The lowest BCUT2D eigenvalue weighted by Crippen LogP contribution is -2.61. The van der Waals surface area contributed by atoms with Crippen LogP contribution < -0.4 is 16.4 Å². The monoisotopic (exact) mass is 312 g/mol. The lowest BCUT2D eigenvalue weighted by Gasteiger charge is -2.49. The van der Waals surface area contributed by atoms with Crippen molar-refractivity contribution in [2.75, 3.05) is 11.1 Å². The molecule has 7 heteroatoms. The van der Waals surface area contributed by atoms with E-state index in [4.69, 9.17) is 5.73 Å². The van der Waals surface area contributed by atoms with Gasteiger partial charge in [0.25, 0.3) is 5.91 Å². The summed E-state index contributed by atoms with van der Waals surface area (Å²) in [5.74, 6) is 0.0128. The molecular weight excluding hydrogens is 288 g/mol. The minimum atomic E-state index is -0.375. The molecule has 1 aliphatic carbocycles. The van der Waals surface area contributed by atoms with Crippen molar-refractivity contribution in [3.05, 3.63) is 4.88 Å². The Labute approximate surface area is 129 Å². The zero-order valence-electron chi connectivity index (χ0n) is 13.2. The molecule has 1 aliphatic rings. The molecule has 0 spiro atoms. The summed E-state index contributed by atoms with van der Waals surface area (Å²) in [7, 11) is 0. The van der Waals surface area contributed by atoms with Crippen molar-refractivity contribution in [3.63, 3.8) is 0 Å². The zero-order chi connectivity index (χ0) is 16.0. The maximum Gasteiger partial charge on any atom is 0.265 e. The van der Waals surface area contributed by atoms with Gasteiger partial charge in [-0.1, -0.05) is 25.2 Å². The second-order valence-corrected chi connectivity index (χ2v) is 8.21. The van der Waals surface area contributed by atoms with Crippen molar-refractivity contribution in [1.29, 1.82) is 0 Å². The fourth-order valence-corrected chi connectivity index (χ4v) is 3.24. The number of hydrogen-bond acceptors (Lipinski definition) is 6. The molecular formula is C14H24N4O2S. The molecule has 1 saturated carbocycles. The van der Waals surface area contributed by atoms with E-state index < -0.39 is 0 Å². The fourth-order valence-electron chi connectivity index (χ4n) is 2.24. The van der Waals surface area contributed by atoms with Crippen LogP contribution in [-0.2, 0) is 0 Å². The first kappa shape index (κ1) is 16.0. The van der Waals surface area contributed by atoms with E-state index in [1.165, 1.54) is 11.3 Å². The van der Waals surface area contributed by atoms with Crippen LogP contribution in [0.1, 0.15) is 50.7 Å². The van der Waals surface area contributed by atoms with Crippen LogP contribution in [0.2, 0.25) is 0 Å². The maximum atomic E-state index is 12.3. The third kappa shape index (κ3) is 3.29. The Morgan fingerprint density at radius 3 is 2.57 bits per heavy atom. The Kier molecular flexibility index (Phi) is 3.92. The van der Waals surface area contributed by atoms with Gasteiger partial charge in [-0.15, -0.1) is 0 Å². The number of thiazole rings is 1. The number of hydrogen-bond donors (Lipinski definition) is 4. The van der Waals surface area contributed by atoms with E-state index in [1.807, 2.05) is 34.6 Å². The highest BCUT2D eigenvalue weighted by molar-refractivity contribution is 7.18. The Morgan fingerprint density at radius 2 is 2.10 bits per heavy atom. The van der Waals surface area contributed by atoms with Gasteiger partial charge in [-0.05, 0) is 27.2 Å². The van der Waals surface area contributed by atoms with E-state index in [9.17, 15) is 9.90 Å². The third-order valence-electron chi connectivity index (χ3n) is 3.86. The maximum absolute atomic E-state index is 12.3. The fraction of sp³-hybridized carbons (Fsp3) is 0.714. The molecule has 1 aromatic rings. The van der Waals surface area contributed by atoms with Crippen LogP contribution in [0.4, 0.5) is 10.9 Å². The van der Waals surface area contributed by atoms with Gasteiger partial charge in [0.2, 0.25) is 0 Å². The van der Waals surface area contributed by atoms with Crippen molar-refractivity contribution in [2.24, 2.45) is 5.41 Å². The highest BCUT2D eigenvalue weighted by Crippen LogP contribution is 2.40. The second kappa shape index (κ2) is 5.14. The van der Waals surface area contributed by atoms with Crippen LogP contribution in [0.25, 0.3) is 0 Å². The molecule has 1 heterocycles. The molecule has 2 rings (SSSR count). The SMILES string of the molecule is CC(C)(C)Nc1nc(N)c(C(=O)NC2CC(O)C2(C)C)s1. The number of aliphatic hydroxyl groups excluding tert-OH is 1. The van der Waals surface area contributed by atoms with Gasteiger partial charge >= 0.3 is 0 Å². The summed E-state index contributed by atoms with van der Waals surface area (Å²) in [6, 6.07) is -0.0412. The van der Waals surface area contributed by atoms with E-state index in [0.717, 1.165) is 0 Å². The molecule has 2 atom stereocenters. The first-order valence-electron chi connectivity index (χ1n) is 7.04. The largest absolute Gasteiger partial charge is 0.392 e. The summed E-state index contributed by atoms with van der Waals surface area (Å²) >= 11 is 1.25. The number of nitrogen functional groups attached to an aromatic ring is 1. The van der Waals surface area contributed by atoms with Crippen LogP contribution >= 0.6 is 11.3 Å². The van der Waals surface area contributed by atoms with Crippen LogP contribution in [0, 0.1) is 5.41 Å². The minimum absolute atomic E-state index is 0.0412. The van der Waals surface area contributed by atoms with E-state index in [2.05, 4.69) is 15.6 Å². The smallest absolute Gasteiger partial charge is 0.265 e. The molecule has 0 aliphatic heterocycles. The second-order valence-electron chi connectivity index (χ2n) is 7.21. The first-order valence-corrected chi connectivity index (χ1v) is 7.86. The summed E-state index contributed by atoms with van der Waals surface area (Å²) in [4.78, 5) is 16.9.